The minimum Gasteiger partial charge on any atom is -0.305 e. The molecule has 0 aliphatic rings. The molecule has 0 aliphatic heterocycles. The summed E-state index contributed by atoms with van der Waals surface area (Å²) in [7, 11) is 0. The average Bonchev–Trinajstić information content (AvgIpc) is 3.22. The minimum atomic E-state index is -0.334. The Labute approximate surface area is 132 Å². The fraction of sp³-hybridized carbons (Fsp3) is 0.125. The maximum atomic E-state index is 12.4. The lowest BCUT2D eigenvalue weighted by Crippen LogP contribution is -2.15. The van der Waals surface area contributed by atoms with E-state index in [4.69, 9.17) is 0 Å². The summed E-state index contributed by atoms with van der Waals surface area (Å²) in [5.41, 5.74) is 1.48. The topological polar surface area (TPSA) is 88.5 Å². The molecular weight excluding hydrogens is 292 g/mol. The van der Waals surface area contributed by atoms with E-state index in [1.54, 1.807) is 10.9 Å². The van der Waals surface area contributed by atoms with Crippen molar-refractivity contribution in [2.45, 2.75) is 13.5 Å². The lowest BCUT2D eigenvalue weighted by Gasteiger charge is -2.08. The van der Waals surface area contributed by atoms with Crippen molar-refractivity contribution in [1.29, 1.82) is 5.26 Å². The number of nitrogens with one attached hydrogen (secondary N) is 1. The molecule has 2 heterocycles. The number of aryl methyl sites for hydroxylation is 1. The van der Waals surface area contributed by atoms with Gasteiger partial charge in [0, 0.05) is 12.7 Å². The predicted octanol–water partition coefficient (Wildman–Crippen LogP) is 2.21. The molecule has 0 saturated carbocycles. The van der Waals surface area contributed by atoms with Gasteiger partial charge in [-0.15, -0.1) is 0 Å². The van der Waals surface area contributed by atoms with Crippen molar-refractivity contribution in [3.05, 3.63) is 60.0 Å². The minimum absolute atomic E-state index is 0.296. The van der Waals surface area contributed by atoms with Crippen LogP contribution in [-0.2, 0) is 6.54 Å². The Hall–Kier alpha value is -3.40. The normalized spacial score (nSPS) is 10.3. The second kappa shape index (κ2) is 6.15. The molecule has 0 radical (unpaired) electrons. The lowest BCUT2D eigenvalue weighted by atomic mass is 10.3. The highest BCUT2D eigenvalue weighted by Gasteiger charge is 2.17. The van der Waals surface area contributed by atoms with Crippen molar-refractivity contribution in [2.75, 3.05) is 5.32 Å². The van der Waals surface area contributed by atoms with E-state index in [0.717, 1.165) is 5.69 Å². The van der Waals surface area contributed by atoms with Crippen LogP contribution in [0.2, 0.25) is 0 Å². The Bertz CT molecular complexity index is 872. The van der Waals surface area contributed by atoms with E-state index in [1.807, 2.05) is 43.3 Å². The summed E-state index contributed by atoms with van der Waals surface area (Å²) in [4.78, 5) is 12.4. The Kier molecular flexibility index (Phi) is 3.89. The molecule has 0 spiro atoms. The van der Waals surface area contributed by atoms with E-state index in [2.05, 4.69) is 15.5 Å². The summed E-state index contributed by atoms with van der Waals surface area (Å²) in [6.45, 7) is 2.62. The molecule has 1 amide bonds. The molecule has 0 atom stereocenters. The van der Waals surface area contributed by atoms with E-state index in [-0.39, 0.29) is 5.91 Å². The Morgan fingerprint density at radius 3 is 2.70 bits per heavy atom. The molecule has 23 heavy (non-hydrogen) atoms. The maximum absolute atomic E-state index is 12.4. The molecule has 3 aromatic rings. The number of nitrogens with zero attached hydrogens (tertiary/aromatic N) is 5. The molecule has 7 heteroatoms. The number of aromatic nitrogens is 4. The van der Waals surface area contributed by atoms with Crippen LogP contribution in [0.3, 0.4) is 0 Å². The summed E-state index contributed by atoms with van der Waals surface area (Å²) < 4.78 is 3.19. The summed E-state index contributed by atoms with van der Waals surface area (Å²) in [5.74, 6) is 0.00632. The fourth-order valence-electron chi connectivity index (χ4n) is 2.15. The van der Waals surface area contributed by atoms with Crippen molar-refractivity contribution >= 4 is 11.7 Å². The average molecular weight is 306 g/mol. The molecule has 1 aromatic carbocycles. The van der Waals surface area contributed by atoms with Crippen molar-refractivity contribution in [3.63, 3.8) is 0 Å². The van der Waals surface area contributed by atoms with Crippen LogP contribution in [0.15, 0.2) is 48.9 Å². The van der Waals surface area contributed by atoms with Crippen LogP contribution in [0.1, 0.15) is 22.8 Å². The SMILES string of the molecule is CCn1cc(C(=O)Nc2c(C#N)cnn2-c2ccccc2)cn1. The highest BCUT2D eigenvalue weighted by molar-refractivity contribution is 6.04. The third-order valence-corrected chi connectivity index (χ3v) is 3.34. The van der Waals surface area contributed by atoms with E-state index in [0.29, 0.717) is 23.5 Å². The molecule has 0 bridgehead atoms. The van der Waals surface area contributed by atoms with Gasteiger partial charge in [-0.2, -0.15) is 15.5 Å². The zero-order valence-electron chi connectivity index (χ0n) is 12.5. The third-order valence-electron chi connectivity index (χ3n) is 3.34. The number of hydrogen-bond donors (Lipinski definition) is 1. The van der Waals surface area contributed by atoms with Crippen molar-refractivity contribution < 1.29 is 4.79 Å². The second-order valence-electron chi connectivity index (χ2n) is 4.80. The number of benzene rings is 1. The van der Waals surface area contributed by atoms with Gasteiger partial charge in [-0.05, 0) is 19.1 Å². The molecule has 0 fully saturated rings. The predicted molar refractivity (Wildman–Crippen MR) is 84.1 cm³/mol. The number of nitriles is 1. The van der Waals surface area contributed by atoms with Gasteiger partial charge in [-0.1, -0.05) is 18.2 Å². The van der Waals surface area contributed by atoms with Crippen LogP contribution in [-0.4, -0.2) is 25.5 Å². The number of carbonyl (C=O) groups is 1. The standard InChI is InChI=1S/C16H14N6O/c1-2-21-11-13(10-18-21)16(23)20-15-12(8-17)9-19-22(15)14-6-4-3-5-7-14/h3-7,9-11H,2H2,1H3,(H,20,23). The van der Waals surface area contributed by atoms with E-state index < -0.39 is 0 Å². The number of para-hydroxylation sites is 1. The van der Waals surface area contributed by atoms with Crippen LogP contribution < -0.4 is 5.32 Å². The Morgan fingerprint density at radius 2 is 2.04 bits per heavy atom. The number of carbonyl (C=O) groups excluding carboxylic acids is 1. The molecule has 0 aliphatic carbocycles. The molecule has 0 unspecified atom stereocenters. The van der Waals surface area contributed by atoms with Gasteiger partial charge in [0.05, 0.1) is 23.6 Å². The molecule has 7 nitrogen and oxygen atoms in total. The quantitative estimate of drug-likeness (QED) is 0.800. The fourth-order valence-corrected chi connectivity index (χ4v) is 2.15. The van der Waals surface area contributed by atoms with Gasteiger partial charge in [0.25, 0.3) is 5.91 Å². The van der Waals surface area contributed by atoms with E-state index in [9.17, 15) is 10.1 Å². The van der Waals surface area contributed by atoms with Crippen LogP contribution >= 0.6 is 0 Å². The maximum Gasteiger partial charge on any atom is 0.260 e. The van der Waals surface area contributed by atoms with Crippen molar-refractivity contribution in [1.82, 2.24) is 19.6 Å². The van der Waals surface area contributed by atoms with Crippen LogP contribution in [0.4, 0.5) is 5.82 Å². The number of amides is 1. The Balaban J connectivity index is 1.94. The highest BCUT2D eigenvalue weighted by Crippen LogP contribution is 2.20. The first-order valence-electron chi connectivity index (χ1n) is 7.10. The van der Waals surface area contributed by atoms with Crippen LogP contribution in [0.25, 0.3) is 5.69 Å². The zero-order chi connectivity index (χ0) is 16.2. The van der Waals surface area contributed by atoms with E-state index in [1.165, 1.54) is 17.1 Å². The first kappa shape index (κ1) is 14.5. The summed E-state index contributed by atoms with van der Waals surface area (Å²) in [5, 5.41) is 20.2. The van der Waals surface area contributed by atoms with Crippen LogP contribution in [0.5, 0.6) is 0 Å². The summed E-state index contributed by atoms with van der Waals surface area (Å²) in [6.07, 6.45) is 4.58. The monoisotopic (exact) mass is 306 g/mol. The summed E-state index contributed by atoms with van der Waals surface area (Å²) in [6, 6.07) is 11.3. The Morgan fingerprint density at radius 1 is 1.26 bits per heavy atom. The number of anilines is 1. The highest BCUT2D eigenvalue weighted by atomic mass is 16.1. The molecule has 114 valence electrons. The molecule has 0 saturated heterocycles. The van der Waals surface area contributed by atoms with Gasteiger partial charge in [0.2, 0.25) is 0 Å². The van der Waals surface area contributed by atoms with Gasteiger partial charge in [-0.3, -0.25) is 9.48 Å². The molecule has 2 aromatic heterocycles. The van der Waals surface area contributed by atoms with Gasteiger partial charge < -0.3 is 5.32 Å². The van der Waals surface area contributed by atoms with Gasteiger partial charge in [-0.25, -0.2) is 4.68 Å². The van der Waals surface area contributed by atoms with Crippen molar-refractivity contribution in [2.24, 2.45) is 0 Å². The molecular formula is C16H14N6O. The molecule has 1 N–H and O–H groups in total. The van der Waals surface area contributed by atoms with Crippen LogP contribution in [0, 0.1) is 11.3 Å². The zero-order valence-corrected chi connectivity index (χ0v) is 12.5. The second-order valence-corrected chi connectivity index (χ2v) is 4.80. The first-order chi connectivity index (χ1) is 11.2. The van der Waals surface area contributed by atoms with Gasteiger partial charge >= 0.3 is 0 Å². The van der Waals surface area contributed by atoms with E-state index >= 15 is 0 Å². The lowest BCUT2D eigenvalue weighted by molar-refractivity contribution is 0.102. The summed E-state index contributed by atoms with van der Waals surface area (Å²) >= 11 is 0. The van der Waals surface area contributed by atoms with Gasteiger partial charge in [0.1, 0.15) is 11.6 Å². The largest absolute Gasteiger partial charge is 0.305 e. The van der Waals surface area contributed by atoms with Gasteiger partial charge in [0.15, 0.2) is 5.82 Å². The number of hydrogen-bond acceptors (Lipinski definition) is 4. The molecule has 3 rings (SSSR count). The first-order valence-corrected chi connectivity index (χ1v) is 7.10. The third kappa shape index (κ3) is 2.82. The smallest absolute Gasteiger partial charge is 0.260 e. The number of rotatable bonds is 4. The van der Waals surface area contributed by atoms with Crippen molar-refractivity contribution in [3.8, 4) is 11.8 Å².